The molecule has 1 heterocycles. The summed E-state index contributed by atoms with van der Waals surface area (Å²) < 4.78 is 11.3. The van der Waals surface area contributed by atoms with Crippen LogP contribution in [0.5, 0.6) is 11.5 Å². The third-order valence-corrected chi connectivity index (χ3v) is 7.40. The van der Waals surface area contributed by atoms with Crippen LogP contribution >= 0.6 is 11.6 Å². The molecular formula is C33H28ClNO5. The molecule has 1 unspecified atom stereocenters. The normalized spacial score (nSPS) is 16.3. The first-order valence-corrected chi connectivity index (χ1v) is 13.1. The van der Waals surface area contributed by atoms with E-state index in [9.17, 15) is 14.7 Å². The molecule has 7 heteroatoms. The zero-order valence-corrected chi connectivity index (χ0v) is 23.1. The summed E-state index contributed by atoms with van der Waals surface area (Å²) in [4.78, 5) is 28.3. The first-order chi connectivity index (χ1) is 19.3. The number of benzene rings is 4. The number of ether oxygens (including phenoxy) is 2. The van der Waals surface area contributed by atoms with Gasteiger partial charge in [0.1, 0.15) is 23.9 Å². The Balaban J connectivity index is 1.57. The summed E-state index contributed by atoms with van der Waals surface area (Å²) in [5.74, 6) is -0.515. The smallest absolute Gasteiger partial charge is 0.300 e. The van der Waals surface area contributed by atoms with Gasteiger partial charge in [0.25, 0.3) is 11.7 Å². The molecule has 1 amide bonds. The van der Waals surface area contributed by atoms with Gasteiger partial charge in [0.2, 0.25) is 0 Å². The number of ketones is 1. The fourth-order valence-electron chi connectivity index (χ4n) is 4.78. The minimum atomic E-state index is -0.876. The minimum Gasteiger partial charge on any atom is -0.507 e. The van der Waals surface area contributed by atoms with E-state index in [1.165, 1.54) is 4.90 Å². The Morgan fingerprint density at radius 1 is 0.900 bits per heavy atom. The summed E-state index contributed by atoms with van der Waals surface area (Å²) in [6.45, 7) is 4.12. The maximum absolute atomic E-state index is 13.5. The van der Waals surface area contributed by atoms with Gasteiger partial charge in [-0.1, -0.05) is 60.1 Å². The van der Waals surface area contributed by atoms with Crippen molar-refractivity contribution in [1.82, 2.24) is 0 Å². The highest BCUT2D eigenvalue weighted by atomic mass is 35.5. The summed E-state index contributed by atoms with van der Waals surface area (Å²) in [5, 5.41) is 12.0. The number of halogens is 1. The van der Waals surface area contributed by atoms with Crippen LogP contribution in [0.4, 0.5) is 5.69 Å². The summed E-state index contributed by atoms with van der Waals surface area (Å²) in [6, 6.07) is 26.4. The number of amides is 1. The lowest BCUT2D eigenvalue weighted by atomic mass is 9.94. The van der Waals surface area contributed by atoms with E-state index < -0.39 is 17.7 Å². The molecule has 5 rings (SSSR count). The number of Topliss-reactive ketones (excluding diaryl/α,β-unsaturated/α-hetero) is 1. The van der Waals surface area contributed by atoms with Gasteiger partial charge >= 0.3 is 0 Å². The molecule has 0 bridgehead atoms. The second-order valence-corrected chi connectivity index (χ2v) is 10.0. The number of rotatable bonds is 7. The van der Waals surface area contributed by atoms with Gasteiger partial charge in [-0.3, -0.25) is 14.5 Å². The number of aliphatic hydroxyl groups is 1. The number of carbonyl (C=O) groups is 2. The summed E-state index contributed by atoms with van der Waals surface area (Å²) >= 11 is 6.39. The van der Waals surface area contributed by atoms with Gasteiger partial charge in [0, 0.05) is 16.3 Å². The van der Waals surface area contributed by atoms with E-state index in [-0.39, 0.29) is 11.3 Å². The summed E-state index contributed by atoms with van der Waals surface area (Å²) in [5.41, 5.74) is 4.14. The van der Waals surface area contributed by atoms with Crippen LogP contribution in [0, 0.1) is 13.8 Å². The SMILES string of the molecule is COc1ccc(C2/C(=C(\O)c3ccc(OCc4ccccc4)c(C)c3)C(=O)C(=O)N2c2ccc(C)c(Cl)c2)cc1. The van der Waals surface area contributed by atoms with Crippen molar-refractivity contribution >= 4 is 34.7 Å². The van der Waals surface area contributed by atoms with Gasteiger partial charge in [-0.15, -0.1) is 0 Å². The van der Waals surface area contributed by atoms with Gasteiger partial charge in [0.05, 0.1) is 18.7 Å². The Kier molecular flexibility index (Phi) is 7.63. The summed E-state index contributed by atoms with van der Waals surface area (Å²) in [6.07, 6.45) is 0. The Morgan fingerprint density at radius 2 is 1.62 bits per heavy atom. The lowest BCUT2D eigenvalue weighted by Crippen LogP contribution is -2.29. The number of methoxy groups -OCH3 is 1. The molecular weight excluding hydrogens is 526 g/mol. The molecule has 1 fully saturated rings. The number of aryl methyl sites for hydroxylation is 2. The molecule has 0 spiro atoms. The van der Waals surface area contributed by atoms with Gasteiger partial charge < -0.3 is 14.6 Å². The number of carbonyl (C=O) groups excluding carboxylic acids is 2. The largest absolute Gasteiger partial charge is 0.507 e. The fourth-order valence-corrected chi connectivity index (χ4v) is 4.96. The average Bonchev–Trinajstić information content (AvgIpc) is 3.24. The highest BCUT2D eigenvalue weighted by Gasteiger charge is 2.47. The van der Waals surface area contributed by atoms with Gasteiger partial charge in [-0.05, 0) is 78.6 Å². The second kappa shape index (κ2) is 11.3. The quantitative estimate of drug-likeness (QED) is 0.149. The molecule has 40 heavy (non-hydrogen) atoms. The molecule has 1 saturated heterocycles. The number of anilines is 1. The van der Waals surface area contributed by atoms with Crippen LogP contribution in [0.1, 0.15) is 33.9 Å². The lowest BCUT2D eigenvalue weighted by Gasteiger charge is -2.26. The number of hydrogen-bond donors (Lipinski definition) is 1. The van der Waals surface area contributed by atoms with Crippen LogP contribution in [-0.4, -0.2) is 23.9 Å². The molecule has 6 nitrogen and oxygen atoms in total. The van der Waals surface area contributed by atoms with Crippen molar-refractivity contribution in [3.8, 4) is 11.5 Å². The number of aliphatic hydroxyl groups excluding tert-OH is 1. The first-order valence-electron chi connectivity index (χ1n) is 12.8. The zero-order valence-electron chi connectivity index (χ0n) is 22.4. The Morgan fingerprint density at radius 3 is 2.27 bits per heavy atom. The van der Waals surface area contributed by atoms with E-state index in [1.54, 1.807) is 67.8 Å². The monoisotopic (exact) mass is 553 g/mol. The van der Waals surface area contributed by atoms with Crippen molar-refractivity contribution in [3.05, 3.63) is 129 Å². The van der Waals surface area contributed by atoms with Crippen LogP contribution in [0.3, 0.4) is 0 Å². The highest BCUT2D eigenvalue weighted by Crippen LogP contribution is 2.43. The molecule has 0 saturated carbocycles. The maximum atomic E-state index is 13.5. The second-order valence-electron chi connectivity index (χ2n) is 9.63. The molecule has 1 aliphatic rings. The molecule has 0 aromatic heterocycles. The van der Waals surface area contributed by atoms with Crippen LogP contribution in [0.15, 0.2) is 96.6 Å². The van der Waals surface area contributed by atoms with E-state index in [0.29, 0.717) is 39.9 Å². The van der Waals surface area contributed by atoms with Crippen molar-refractivity contribution in [1.29, 1.82) is 0 Å². The predicted molar refractivity (Wildman–Crippen MR) is 156 cm³/mol. The molecule has 1 atom stereocenters. The van der Waals surface area contributed by atoms with E-state index in [0.717, 1.165) is 16.7 Å². The lowest BCUT2D eigenvalue weighted by molar-refractivity contribution is -0.132. The molecule has 4 aromatic rings. The third-order valence-electron chi connectivity index (χ3n) is 7.00. The molecule has 0 radical (unpaired) electrons. The summed E-state index contributed by atoms with van der Waals surface area (Å²) in [7, 11) is 1.56. The van der Waals surface area contributed by atoms with Gasteiger partial charge in [-0.25, -0.2) is 0 Å². The minimum absolute atomic E-state index is 0.00998. The maximum Gasteiger partial charge on any atom is 0.300 e. The molecule has 4 aromatic carbocycles. The Bertz CT molecular complexity index is 1610. The van der Waals surface area contributed by atoms with E-state index in [1.807, 2.05) is 44.2 Å². The van der Waals surface area contributed by atoms with E-state index in [4.69, 9.17) is 21.1 Å². The van der Waals surface area contributed by atoms with Crippen molar-refractivity contribution in [3.63, 3.8) is 0 Å². The van der Waals surface area contributed by atoms with E-state index in [2.05, 4.69) is 0 Å². The molecule has 0 aliphatic carbocycles. The van der Waals surface area contributed by atoms with Crippen molar-refractivity contribution in [2.45, 2.75) is 26.5 Å². The predicted octanol–water partition coefficient (Wildman–Crippen LogP) is 7.17. The van der Waals surface area contributed by atoms with Crippen LogP contribution in [0.25, 0.3) is 5.76 Å². The van der Waals surface area contributed by atoms with Crippen LogP contribution < -0.4 is 14.4 Å². The molecule has 202 valence electrons. The number of nitrogens with zero attached hydrogens (tertiary/aromatic N) is 1. The fraction of sp³-hybridized carbons (Fsp3) is 0.152. The Labute approximate surface area is 238 Å². The van der Waals surface area contributed by atoms with Crippen LogP contribution in [-0.2, 0) is 16.2 Å². The highest BCUT2D eigenvalue weighted by molar-refractivity contribution is 6.51. The average molecular weight is 554 g/mol. The van der Waals surface area contributed by atoms with Crippen LogP contribution in [0.2, 0.25) is 5.02 Å². The number of hydrogen-bond acceptors (Lipinski definition) is 5. The third kappa shape index (κ3) is 5.18. The zero-order chi connectivity index (χ0) is 28.4. The molecule has 1 aliphatic heterocycles. The first kappa shape index (κ1) is 27.0. The van der Waals surface area contributed by atoms with Crippen molar-refractivity contribution < 1.29 is 24.2 Å². The molecule has 1 N–H and O–H groups in total. The van der Waals surface area contributed by atoms with Crippen molar-refractivity contribution in [2.75, 3.05) is 12.0 Å². The standard InChI is InChI=1S/C33H28ClNO5/c1-20-9-13-25(18-27(20)34)35-30(23-10-14-26(39-3)15-11-23)29(32(37)33(35)38)31(36)24-12-16-28(21(2)17-24)40-19-22-7-5-4-6-8-22/h4-18,30,36H,19H2,1-3H3/b31-29+. The van der Waals surface area contributed by atoms with Crippen molar-refractivity contribution in [2.24, 2.45) is 0 Å². The topological polar surface area (TPSA) is 76.1 Å². The van der Waals surface area contributed by atoms with Gasteiger partial charge in [-0.2, -0.15) is 0 Å². The van der Waals surface area contributed by atoms with Gasteiger partial charge in [0.15, 0.2) is 0 Å². The Hall–Kier alpha value is -4.55. The van der Waals surface area contributed by atoms with E-state index >= 15 is 0 Å².